The van der Waals surface area contributed by atoms with Crippen LogP contribution in [0.1, 0.15) is 43.7 Å². The van der Waals surface area contributed by atoms with Crippen LogP contribution < -0.4 is 10.2 Å². The first-order valence-electron chi connectivity index (χ1n) is 9.32. The summed E-state index contributed by atoms with van der Waals surface area (Å²) < 4.78 is 1.61. The number of hydrogen-bond donors (Lipinski definition) is 1. The molecule has 1 saturated carbocycles. The van der Waals surface area contributed by atoms with Crippen LogP contribution in [-0.2, 0) is 14.4 Å². The molecule has 0 spiro atoms. The fourth-order valence-electron chi connectivity index (χ4n) is 4.44. The third-order valence-electron chi connectivity index (χ3n) is 5.77. The number of imide groups is 1. The number of carbonyl (C=O) groups excluding carboxylic acids is 3. The molecule has 8 nitrogen and oxygen atoms in total. The van der Waals surface area contributed by atoms with Gasteiger partial charge in [-0.05, 0) is 18.4 Å². The molecule has 1 N–H and O–H groups in total. The second kappa shape index (κ2) is 6.00. The molecule has 0 radical (unpaired) electrons. The highest BCUT2D eigenvalue weighted by molar-refractivity contribution is 6.21. The number of nitrogens with zero attached hydrogens (tertiary/aromatic N) is 4. The van der Waals surface area contributed by atoms with Crippen molar-refractivity contribution in [3.63, 3.8) is 0 Å². The molecule has 3 atom stereocenters. The maximum Gasteiger partial charge on any atom is 0.260 e. The SMILES string of the molecule is O=C1C[C@H](c2ccccc2)n2nc(N3C(=O)[C@H]4CCCC[C@H]4C3=O)nc2N1. The minimum atomic E-state index is -0.314. The summed E-state index contributed by atoms with van der Waals surface area (Å²) in [6, 6.07) is 9.24. The molecule has 5 rings (SSSR count). The predicted molar refractivity (Wildman–Crippen MR) is 95.8 cm³/mol. The van der Waals surface area contributed by atoms with Crippen molar-refractivity contribution in [2.45, 2.75) is 38.1 Å². The van der Waals surface area contributed by atoms with Gasteiger partial charge in [-0.2, -0.15) is 4.98 Å². The standard InChI is InChI=1S/C19H19N5O3/c25-15-10-14(11-6-2-1-3-7-11)24-18(20-15)21-19(22-24)23-16(26)12-8-4-5-9-13(12)17(23)27/h1-3,6-7,12-14H,4-5,8-10H2,(H,20,21,22,25)/t12-,13+,14-/m1/s1. The summed E-state index contributed by atoms with van der Waals surface area (Å²) in [4.78, 5) is 43.2. The Morgan fingerprint density at radius 2 is 1.63 bits per heavy atom. The number of rotatable bonds is 2. The normalized spacial score (nSPS) is 27.3. The first-order chi connectivity index (χ1) is 13.1. The Balaban J connectivity index is 1.54. The van der Waals surface area contributed by atoms with Crippen LogP contribution in [0.5, 0.6) is 0 Å². The summed E-state index contributed by atoms with van der Waals surface area (Å²) in [7, 11) is 0. The van der Waals surface area contributed by atoms with Crippen molar-refractivity contribution in [3.05, 3.63) is 35.9 Å². The third kappa shape index (κ3) is 2.47. The van der Waals surface area contributed by atoms with Gasteiger partial charge in [-0.1, -0.05) is 43.2 Å². The molecule has 3 aliphatic rings. The van der Waals surface area contributed by atoms with E-state index in [4.69, 9.17) is 0 Å². The number of hydrogen-bond acceptors (Lipinski definition) is 5. The first kappa shape index (κ1) is 16.2. The lowest BCUT2D eigenvalue weighted by Gasteiger charge is -2.23. The zero-order valence-corrected chi connectivity index (χ0v) is 14.7. The van der Waals surface area contributed by atoms with E-state index in [0.29, 0.717) is 0 Å². The van der Waals surface area contributed by atoms with E-state index in [1.807, 2.05) is 30.3 Å². The van der Waals surface area contributed by atoms with Gasteiger partial charge in [0, 0.05) is 0 Å². The van der Waals surface area contributed by atoms with E-state index >= 15 is 0 Å². The van der Waals surface area contributed by atoms with Crippen molar-refractivity contribution in [2.24, 2.45) is 11.8 Å². The van der Waals surface area contributed by atoms with Crippen LogP contribution in [0.3, 0.4) is 0 Å². The van der Waals surface area contributed by atoms with Crippen molar-refractivity contribution < 1.29 is 14.4 Å². The quantitative estimate of drug-likeness (QED) is 0.820. The summed E-state index contributed by atoms with van der Waals surface area (Å²) in [6.07, 6.45) is 3.64. The van der Waals surface area contributed by atoms with Crippen molar-refractivity contribution in [1.82, 2.24) is 14.8 Å². The minimum Gasteiger partial charge on any atom is -0.295 e. The summed E-state index contributed by atoms with van der Waals surface area (Å²) in [5.74, 6) is -0.769. The lowest BCUT2D eigenvalue weighted by molar-refractivity contribution is -0.122. The zero-order valence-electron chi connectivity index (χ0n) is 14.7. The molecule has 0 unspecified atom stereocenters. The number of amides is 3. The molecule has 1 aromatic carbocycles. The van der Waals surface area contributed by atoms with Crippen LogP contribution in [0.25, 0.3) is 0 Å². The van der Waals surface area contributed by atoms with E-state index in [2.05, 4.69) is 15.4 Å². The van der Waals surface area contributed by atoms with Crippen LogP contribution >= 0.6 is 0 Å². The van der Waals surface area contributed by atoms with E-state index in [1.54, 1.807) is 4.68 Å². The highest BCUT2D eigenvalue weighted by Crippen LogP contribution is 2.40. The van der Waals surface area contributed by atoms with Crippen molar-refractivity contribution in [3.8, 4) is 0 Å². The number of fused-ring (bicyclic) bond motifs is 2. The van der Waals surface area contributed by atoms with E-state index < -0.39 is 0 Å². The monoisotopic (exact) mass is 365 g/mol. The molecular formula is C19H19N5O3. The second-order valence-corrected chi connectivity index (χ2v) is 7.37. The summed E-state index contributed by atoms with van der Waals surface area (Å²) >= 11 is 0. The molecule has 0 bridgehead atoms. The van der Waals surface area contributed by atoms with Crippen molar-refractivity contribution in [2.75, 3.05) is 10.2 Å². The molecule has 2 aliphatic heterocycles. The van der Waals surface area contributed by atoms with Crippen LogP contribution in [0.15, 0.2) is 30.3 Å². The van der Waals surface area contributed by atoms with Gasteiger partial charge >= 0.3 is 0 Å². The zero-order chi connectivity index (χ0) is 18.5. The van der Waals surface area contributed by atoms with Crippen LogP contribution in [0.4, 0.5) is 11.9 Å². The first-order valence-corrected chi connectivity index (χ1v) is 9.32. The predicted octanol–water partition coefficient (Wildman–Crippen LogP) is 1.89. The maximum absolute atomic E-state index is 12.8. The average molecular weight is 365 g/mol. The minimum absolute atomic E-state index is 0.0672. The Hall–Kier alpha value is -3.03. The molecule has 2 aromatic rings. The van der Waals surface area contributed by atoms with Crippen molar-refractivity contribution >= 4 is 29.6 Å². The molecule has 1 aromatic heterocycles. The Kier molecular flexibility index (Phi) is 3.60. The third-order valence-corrected chi connectivity index (χ3v) is 5.77. The fraction of sp³-hybridized carbons (Fsp3) is 0.421. The molecule has 1 aliphatic carbocycles. The highest BCUT2D eigenvalue weighted by Gasteiger charge is 2.50. The van der Waals surface area contributed by atoms with Gasteiger partial charge in [0.15, 0.2) is 0 Å². The van der Waals surface area contributed by atoms with Gasteiger partial charge in [-0.3, -0.25) is 19.7 Å². The Labute approximate surface area is 155 Å². The topological polar surface area (TPSA) is 97.2 Å². The largest absolute Gasteiger partial charge is 0.295 e. The van der Waals surface area contributed by atoms with Gasteiger partial charge in [0.1, 0.15) is 0 Å². The Morgan fingerprint density at radius 3 is 2.30 bits per heavy atom. The molecular weight excluding hydrogens is 346 g/mol. The van der Waals surface area contributed by atoms with Gasteiger partial charge < -0.3 is 0 Å². The summed E-state index contributed by atoms with van der Waals surface area (Å²) in [5.41, 5.74) is 0.929. The molecule has 3 amide bonds. The maximum atomic E-state index is 12.8. The second-order valence-electron chi connectivity index (χ2n) is 7.37. The van der Waals surface area contributed by atoms with E-state index in [1.165, 1.54) is 0 Å². The molecule has 138 valence electrons. The Morgan fingerprint density at radius 1 is 0.963 bits per heavy atom. The number of carbonyl (C=O) groups is 3. The smallest absolute Gasteiger partial charge is 0.260 e. The molecule has 27 heavy (non-hydrogen) atoms. The van der Waals surface area contributed by atoms with Crippen LogP contribution in [0, 0.1) is 11.8 Å². The fourth-order valence-corrected chi connectivity index (χ4v) is 4.44. The number of anilines is 2. The highest BCUT2D eigenvalue weighted by atomic mass is 16.2. The van der Waals surface area contributed by atoms with Gasteiger partial charge in [-0.25, -0.2) is 9.58 Å². The Bertz CT molecular complexity index is 914. The summed E-state index contributed by atoms with van der Waals surface area (Å²) in [5, 5.41) is 7.16. The lowest BCUT2D eigenvalue weighted by Crippen LogP contribution is -2.32. The molecule has 3 heterocycles. The number of aromatic nitrogens is 3. The number of benzene rings is 1. The van der Waals surface area contributed by atoms with Gasteiger partial charge in [0.2, 0.25) is 23.7 Å². The van der Waals surface area contributed by atoms with E-state index in [9.17, 15) is 14.4 Å². The number of nitrogens with one attached hydrogen (secondary N) is 1. The van der Waals surface area contributed by atoms with Gasteiger partial charge in [-0.15, -0.1) is 5.10 Å². The molecule has 1 saturated heterocycles. The van der Waals surface area contributed by atoms with E-state index in [-0.39, 0.29) is 53.9 Å². The van der Waals surface area contributed by atoms with Crippen molar-refractivity contribution in [1.29, 1.82) is 0 Å². The van der Waals surface area contributed by atoms with Crippen LogP contribution in [0.2, 0.25) is 0 Å². The summed E-state index contributed by atoms with van der Waals surface area (Å²) in [6.45, 7) is 0. The van der Waals surface area contributed by atoms with Crippen LogP contribution in [-0.4, -0.2) is 32.5 Å². The van der Waals surface area contributed by atoms with Gasteiger partial charge in [0.05, 0.1) is 24.3 Å². The lowest BCUT2D eigenvalue weighted by atomic mass is 9.81. The molecule has 8 heteroatoms. The average Bonchev–Trinajstić information content (AvgIpc) is 3.21. The molecule has 2 fully saturated rings. The van der Waals surface area contributed by atoms with E-state index in [0.717, 1.165) is 36.1 Å². The van der Waals surface area contributed by atoms with Gasteiger partial charge in [0.25, 0.3) is 5.95 Å².